The largest absolute Gasteiger partial charge is 0.508 e. The van der Waals surface area contributed by atoms with E-state index in [2.05, 4.69) is 54.0 Å². The van der Waals surface area contributed by atoms with Gasteiger partial charge in [0, 0.05) is 57.2 Å². The molecule has 288 valence electrons. The second-order valence-electron chi connectivity index (χ2n) is 13.8. The maximum Gasteiger partial charge on any atom is 0.255 e. The predicted octanol–water partition coefficient (Wildman–Crippen LogP) is 7.61. The molecule has 55 heavy (non-hydrogen) atoms. The highest BCUT2D eigenvalue weighted by Crippen LogP contribution is 2.36. The average molecular weight is 746 g/mol. The summed E-state index contributed by atoms with van der Waals surface area (Å²) >= 11 is 0. The van der Waals surface area contributed by atoms with E-state index in [1.54, 1.807) is 23.1 Å². The number of phenolic OH excluding ortho intramolecular Hbond substituents is 1. The zero-order valence-corrected chi connectivity index (χ0v) is 31.6. The van der Waals surface area contributed by atoms with Crippen LogP contribution in [0.15, 0.2) is 97.1 Å². The number of nitrogens with zero attached hydrogens (tertiary/aromatic N) is 1. The predicted molar refractivity (Wildman–Crippen MR) is 214 cm³/mol. The number of piperidine rings is 1. The van der Waals surface area contributed by atoms with Gasteiger partial charge in [0.15, 0.2) is 0 Å². The number of amides is 3. The van der Waals surface area contributed by atoms with Gasteiger partial charge in [-0.2, -0.15) is 0 Å². The molecule has 6 rings (SSSR count). The molecule has 0 spiro atoms. The first kappa shape index (κ1) is 39.2. The van der Waals surface area contributed by atoms with Crippen molar-refractivity contribution < 1.29 is 33.7 Å². The van der Waals surface area contributed by atoms with Crippen molar-refractivity contribution in [3.8, 4) is 11.5 Å². The number of carbonyl (C=O) groups is 3. The molecule has 4 aromatic carbocycles. The average Bonchev–Trinajstić information content (AvgIpc) is 3.52. The minimum absolute atomic E-state index is 0.166. The van der Waals surface area contributed by atoms with Gasteiger partial charge in [-0.1, -0.05) is 61.5 Å². The highest BCUT2D eigenvalue weighted by molar-refractivity contribution is 6.05. The third kappa shape index (κ3) is 10.6. The van der Waals surface area contributed by atoms with Crippen molar-refractivity contribution >= 4 is 34.6 Å². The van der Waals surface area contributed by atoms with E-state index in [9.17, 15) is 19.5 Å². The molecular formula is C45H51N3O7. The Kier molecular flexibility index (Phi) is 14.1. The molecule has 1 fully saturated rings. The Bertz CT molecular complexity index is 1930. The van der Waals surface area contributed by atoms with Crippen molar-refractivity contribution in [3.05, 3.63) is 125 Å². The van der Waals surface area contributed by atoms with Gasteiger partial charge in [0.2, 0.25) is 11.8 Å². The molecule has 0 saturated carbocycles. The van der Waals surface area contributed by atoms with E-state index >= 15 is 0 Å². The number of anilines is 1. The summed E-state index contributed by atoms with van der Waals surface area (Å²) in [5.74, 6) is 0.232. The number of aromatic hydroxyl groups is 1. The fourth-order valence-electron chi connectivity index (χ4n) is 7.08. The van der Waals surface area contributed by atoms with E-state index in [0.717, 1.165) is 72.3 Å². The number of fused-ring (bicyclic) bond motifs is 1. The Balaban J connectivity index is 0.818. The van der Waals surface area contributed by atoms with Crippen molar-refractivity contribution in [2.45, 2.75) is 64.5 Å². The molecule has 0 aromatic heterocycles. The van der Waals surface area contributed by atoms with Crippen molar-refractivity contribution in [2.75, 3.05) is 44.9 Å². The molecule has 3 N–H and O–H groups in total. The highest BCUT2D eigenvalue weighted by Gasteiger charge is 2.39. The summed E-state index contributed by atoms with van der Waals surface area (Å²) in [5.41, 5.74) is 8.15. The highest BCUT2D eigenvalue weighted by atomic mass is 16.5. The van der Waals surface area contributed by atoms with Crippen LogP contribution in [0.25, 0.3) is 11.1 Å². The first-order chi connectivity index (χ1) is 26.9. The maximum absolute atomic E-state index is 12.9. The molecule has 1 atom stereocenters. The van der Waals surface area contributed by atoms with Crippen LogP contribution in [0.3, 0.4) is 0 Å². The molecule has 0 aliphatic carbocycles. The number of nitrogens with one attached hydrogen (secondary N) is 2. The van der Waals surface area contributed by atoms with E-state index in [0.29, 0.717) is 51.6 Å². The molecule has 10 heteroatoms. The van der Waals surface area contributed by atoms with Crippen LogP contribution >= 0.6 is 0 Å². The van der Waals surface area contributed by atoms with Gasteiger partial charge >= 0.3 is 0 Å². The third-order valence-corrected chi connectivity index (χ3v) is 9.92. The van der Waals surface area contributed by atoms with Crippen molar-refractivity contribution in [1.82, 2.24) is 10.2 Å². The summed E-state index contributed by atoms with van der Waals surface area (Å²) in [4.78, 5) is 38.2. The number of imide groups is 1. The fraction of sp³-hybridized carbons (Fsp3) is 0.356. The summed E-state index contributed by atoms with van der Waals surface area (Å²) in [6, 6.07) is 31.1. The van der Waals surface area contributed by atoms with Crippen LogP contribution in [0.1, 0.15) is 84.5 Å². The summed E-state index contributed by atoms with van der Waals surface area (Å²) in [5, 5.41) is 15.6. The number of rotatable bonds is 20. The van der Waals surface area contributed by atoms with Gasteiger partial charge in [-0.25, -0.2) is 0 Å². The van der Waals surface area contributed by atoms with Crippen LogP contribution in [0, 0.1) is 0 Å². The Labute approximate surface area is 323 Å². The van der Waals surface area contributed by atoms with Gasteiger partial charge in [-0.05, 0) is 114 Å². The van der Waals surface area contributed by atoms with Crippen LogP contribution in [-0.4, -0.2) is 73.3 Å². The van der Waals surface area contributed by atoms with Crippen LogP contribution in [-0.2, 0) is 25.6 Å². The molecule has 0 bridgehead atoms. The van der Waals surface area contributed by atoms with Crippen LogP contribution in [0.5, 0.6) is 11.5 Å². The molecule has 1 saturated heterocycles. The van der Waals surface area contributed by atoms with Crippen molar-refractivity contribution in [3.63, 3.8) is 0 Å². The van der Waals surface area contributed by atoms with Gasteiger partial charge in [0.25, 0.3) is 5.91 Å². The van der Waals surface area contributed by atoms with Crippen LogP contribution in [0.2, 0.25) is 0 Å². The number of ether oxygens (including phenoxy) is 3. The number of hydrogen-bond acceptors (Lipinski definition) is 8. The van der Waals surface area contributed by atoms with E-state index in [1.807, 2.05) is 42.5 Å². The Morgan fingerprint density at radius 1 is 0.782 bits per heavy atom. The smallest absolute Gasteiger partial charge is 0.255 e. The lowest BCUT2D eigenvalue weighted by molar-refractivity contribution is -0.136. The minimum atomic E-state index is -0.607. The molecular weight excluding hydrogens is 695 g/mol. The molecule has 2 aliphatic rings. The van der Waals surface area contributed by atoms with E-state index < -0.39 is 11.9 Å². The Morgan fingerprint density at radius 2 is 1.45 bits per heavy atom. The molecule has 2 aliphatic heterocycles. The van der Waals surface area contributed by atoms with Gasteiger partial charge in [0.1, 0.15) is 17.5 Å². The van der Waals surface area contributed by atoms with E-state index in [-0.39, 0.29) is 24.0 Å². The maximum atomic E-state index is 12.9. The molecule has 4 aromatic rings. The lowest BCUT2D eigenvalue weighted by atomic mass is 9.88. The lowest BCUT2D eigenvalue weighted by Gasteiger charge is -2.29. The van der Waals surface area contributed by atoms with E-state index in [4.69, 9.17) is 14.2 Å². The number of phenols is 1. The fourth-order valence-corrected chi connectivity index (χ4v) is 7.08. The standard InChI is InChI=1S/C45H51N3O7/c1-2-39(32-10-4-3-5-11-32)43(33-12-17-37(49)18-13-33)34-14-19-38(20-15-34)55-29-7-6-25-53-27-9-28-54-26-8-24-46-36-16-21-40-35(30-36)31-48(45(40)52)41-22-23-42(50)47-44(41)51/h3-5,10-21,30,41,46,49H,2,6-9,22-29,31H2,1H3,(H,47,50,51). The van der Waals surface area contributed by atoms with Crippen LogP contribution in [0.4, 0.5) is 5.69 Å². The summed E-state index contributed by atoms with van der Waals surface area (Å²) in [6.07, 6.45) is 4.96. The summed E-state index contributed by atoms with van der Waals surface area (Å²) in [6.45, 7) is 6.51. The lowest BCUT2D eigenvalue weighted by Crippen LogP contribution is -2.52. The second kappa shape index (κ2) is 19.8. The summed E-state index contributed by atoms with van der Waals surface area (Å²) in [7, 11) is 0. The first-order valence-corrected chi connectivity index (χ1v) is 19.4. The Hall–Kier alpha value is -5.45. The van der Waals surface area contributed by atoms with Gasteiger partial charge in [0.05, 0.1) is 6.61 Å². The third-order valence-electron chi connectivity index (χ3n) is 9.92. The minimum Gasteiger partial charge on any atom is -0.508 e. The second-order valence-corrected chi connectivity index (χ2v) is 13.8. The van der Waals surface area contributed by atoms with Gasteiger partial charge in [-0.15, -0.1) is 0 Å². The monoisotopic (exact) mass is 745 g/mol. The SMILES string of the molecule is CCC(=C(c1ccc(O)cc1)c1ccc(OCCCCOCCCOCCCNc2ccc3c(c2)CN(C2CCC(=O)NC2=O)C3=O)cc1)c1ccccc1. The molecule has 10 nitrogen and oxygen atoms in total. The number of carbonyl (C=O) groups excluding carboxylic acids is 3. The number of unbranched alkanes of at least 4 members (excludes halogenated alkanes) is 1. The van der Waals surface area contributed by atoms with Gasteiger partial charge in [-0.3, -0.25) is 19.7 Å². The Morgan fingerprint density at radius 3 is 2.16 bits per heavy atom. The molecule has 0 radical (unpaired) electrons. The number of allylic oxidation sites excluding steroid dienone is 1. The topological polar surface area (TPSA) is 126 Å². The molecule has 3 amide bonds. The van der Waals surface area contributed by atoms with E-state index in [1.165, 1.54) is 11.1 Å². The normalized spacial score (nSPS) is 15.8. The first-order valence-electron chi connectivity index (χ1n) is 19.4. The quantitative estimate of drug-likeness (QED) is 0.0480. The van der Waals surface area contributed by atoms with Crippen molar-refractivity contribution in [1.29, 1.82) is 0 Å². The number of benzene rings is 4. The zero-order valence-electron chi connectivity index (χ0n) is 31.6. The van der Waals surface area contributed by atoms with Crippen LogP contribution < -0.4 is 15.4 Å². The number of hydrogen-bond donors (Lipinski definition) is 3. The molecule has 1 unspecified atom stereocenters. The zero-order chi connectivity index (χ0) is 38.4. The van der Waals surface area contributed by atoms with Gasteiger partial charge < -0.3 is 29.5 Å². The summed E-state index contributed by atoms with van der Waals surface area (Å²) < 4.78 is 17.6. The van der Waals surface area contributed by atoms with Crippen molar-refractivity contribution in [2.24, 2.45) is 0 Å². The molecule has 2 heterocycles.